The van der Waals surface area contributed by atoms with Gasteiger partial charge in [-0.2, -0.15) is 24.9 Å². The van der Waals surface area contributed by atoms with E-state index < -0.39 is 23.4 Å². The predicted molar refractivity (Wildman–Crippen MR) is 58.3 cm³/mol. The van der Waals surface area contributed by atoms with Crippen LogP contribution in [0.5, 0.6) is 0 Å². The average molecular weight is 265 g/mol. The molecular formula is C10H10F3NO2S. The second-order valence-corrected chi connectivity index (χ2v) is 4.27. The monoisotopic (exact) mass is 265 g/mol. The first-order valence-corrected chi connectivity index (χ1v) is 6.04. The summed E-state index contributed by atoms with van der Waals surface area (Å²) in [4.78, 5) is 14.0. The number of hydrogen-bond donors (Lipinski definition) is 1. The predicted octanol–water partition coefficient (Wildman–Crippen LogP) is 2.70. The van der Waals surface area contributed by atoms with Crippen molar-refractivity contribution in [2.75, 3.05) is 12.0 Å². The molecule has 1 aromatic heterocycles. The summed E-state index contributed by atoms with van der Waals surface area (Å²) in [6.45, 7) is 0. The van der Waals surface area contributed by atoms with Gasteiger partial charge in [0.1, 0.15) is 0 Å². The van der Waals surface area contributed by atoms with E-state index in [1.165, 1.54) is 11.8 Å². The standard InChI is InChI=1S/C10H10F3NO2S/c1-17-3-2-6-4-7(9(15)16)8(14-5-6)10(11,12)13/h4-5H,2-3H2,1H3,(H,15,16). The van der Waals surface area contributed by atoms with E-state index in [4.69, 9.17) is 5.11 Å². The summed E-state index contributed by atoms with van der Waals surface area (Å²) in [5.74, 6) is -0.914. The number of hydrogen-bond acceptors (Lipinski definition) is 3. The second kappa shape index (κ2) is 5.39. The van der Waals surface area contributed by atoms with Gasteiger partial charge in [-0.3, -0.25) is 4.98 Å². The summed E-state index contributed by atoms with van der Waals surface area (Å²) in [5.41, 5.74) is -1.65. The zero-order chi connectivity index (χ0) is 13.1. The summed E-state index contributed by atoms with van der Waals surface area (Å²) in [6, 6.07) is 1.04. The van der Waals surface area contributed by atoms with Gasteiger partial charge in [0.05, 0.1) is 5.56 Å². The molecule has 1 N–H and O–H groups in total. The topological polar surface area (TPSA) is 50.2 Å². The Hall–Kier alpha value is -1.24. The molecule has 1 heterocycles. The molecule has 1 rings (SSSR count). The fourth-order valence-electron chi connectivity index (χ4n) is 1.25. The van der Waals surface area contributed by atoms with Crippen molar-refractivity contribution in [2.24, 2.45) is 0 Å². The zero-order valence-electron chi connectivity index (χ0n) is 8.91. The maximum atomic E-state index is 12.5. The smallest absolute Gasteiger partial charge is 0.434 e. The molecular weight excluding hydrogens is 255 g/mol. The fraction of sp³-hybridized carbons (Fsp3) is 0.400. The van der Waals surface area contributed by atoms with Crippen molar-refractivity contribution >= 4 is 17.7 Å². The Morgan fingerprint density at radius 3 is 2.65 bits per heavy atom. The van der Waals surface area contributed by atoms with Gasteiger partial charge < -0.3 is 5.11 Å². The SMILES string of the molecule is CSCCc1cnc(C(F)(F)F)c(C(=O)O)c1. The van der Waals surface area contributed by atoms with Crippen molar-refractivity contribution < 1.29 is 23.1 Å². The molecule has 17 heavy (non-hydrogen) atoms. The number of carboxylic acid groups (broad SMARTS) is 1. The Morgan fingerprint density at radius 2 is 2.18 bits per heavy atom. The number of rotatable bonds is 4. The van der Waals surface area contributed by atoms with E-state index in [0.717, 1.165) is 12.3 Å². The molecule has 0 atom stereocenters. The van der Waals surface area contributed by atoms with Crippen LogP contribution >= 0.6 is 11.8 Å². The molecule has 0 fully saturated rings. The van der Waals surface area contributed by atoms with Crippen LogP contribution in [0.25, 0.3) is 0 Å². The lowest BCUT2D eigenvalue weighted by Crippen LogP contribution is -2.16. The molecule has 0 aliphatic rings. The number of pyridine rings is 1. The number of aryl methyl sites for hydroxylation is 1. The molecule has 0 aromatic carbocycles. The number of nitrogens with zero attached hydrogens (tertiary/aromatic N) is 1. The molecule has 0 bridgehead atoms. The van der Waals surface area contributed by atoms with Gasteiger partial charge in [-0.25, -0.2) is 4.79 Å². The van der Waals surface area contributed by atoms with Crippen LogP contribution in [0.2, 0.25) is 0 Å². The highest BCUT2D eigenvalue weighted by atomic mass is 32.2. The zero-order valence-corrected chi connectivity index (χ0v) is 9.73. The Kier molecular flexibility index (Phi) is 4.39. The molecule has 0 aliphatic heterocycles. The van der Waals surface area contributed by atoms with Crippen LogP contribution in [-0.2, 0) is 12.6 Å². The maximum Gasteiger partial charge on any atom is 0.434 e. The van der Waals surface area contributed by atoms with Crippen LogP contribution in [0, 0.1) is 0 Å². The minimum absolute atomic E-state index is 0.491. The van der Waals surface area contributed by atoms with E-state index in [1.54, 1.807) is 0 Å². The van der Waals surface area contributed by atoms with Crippen LogP contribution in [0.3, 0.4) is 0 Å². The van der Waals surface area contributed by atoms with E-state index in [9.17, 15) is 18.0 Å². The van der Waals surface area contributed by atoms with E-state index in [-0.39, 0.29) is 0 Å². The minimum Gasteiger partial charge on any atom is -0.478 e. The number of carbonyl (C=O) groups is 1. The number of carboxylic acids is 1. The summed E-state index contributed by atoms with van der Waals surface area (Å²) in [5, 5.41) is 8.73. The third-order valence-corrected chi connectivity index (χ3v) is 2.65. The molecule has 0 aliphatic carbocycles. The lowest BCUT2D eigenvalue weighted by atomic mass is 10.1. The summed E-state index contributed by atoms with van der Waals surface area (Å²) in [6.07, 6.45) is -1.32. The van der Waals surface area contributed by atoms with Crippen LogP contribution in [0.15, 0.2) is 12.3 Å². The third kappa shape index (κ3) is 3.62. The normalized spacial score (nSPS) is 11.5. The van der Waals surface area contributed by atoms with Gasteiger partial charge in [0.15, 0.2) is 5.69 Å². The number of alkyl halides is 3. The van der Waals surface area contributed by atoms with Crippen molar-refractivity contribution in [3.05, 3.63) is 29.1 Å². The highest BCUT2D eigenvalue weighted by molar-refractivity contribution is 7.98. The van der Waals surface area contributed by atoms with Crippen LogP contribution < -0.4 is 0 Å². The summed E-state index contributed by atoms with van der Waals surface area (Å²) in [7, 11) is 0. The fourth-order valence-corrected chi connectivity index (χ4v) is 1.69. The summed E-state index contributed by atoms with van der Waals surface area (Å²) >= 11 is 1.52. The van der Waals surface area contributed by atoms with Gasteiger partial charge >= 0.3 is 12.1 Å². The molecule has 0 amide bonds. The number of halogens is 3. The van der Waals surface area contributed by atoms with Gasteiger partial charge in [0, 0.05) is 6.20 Å². The van der Waals surface area contributed by atoms with E-state index in [2.05, 4.69) is 4.98 Å². The van der Waals surface area contributed by atoms with Crippen molar-refractivity contribution in [1.29, 1.82) is 0 Å². The molecule has 0 saturated heterocycles. The van der Waals surface area contributed by atoms with Gasteiger partial charge in [-0.05, 0) is 30.1 Å². The van der Waals surface area contributed by atoms with Gasteiger partial charge in [-0.1, -0.05) is 0 Å². The van der Waals surface area contributed by atoms with E-state index >= 15 is 0 Å². The van der Waals surface area contributed by atoms with Crippen molar-refractivity contribution in [3.63, 3.8) is 0 Å². The molecule has 0 radical (unpaired) electrons. The Labute approximate surface area is 100 Å². The first kappa shape index (κ1) is 13.8. The van der Waals surface area contributed by atoms with E-state index in [0.29, 0.717) is 17.7 Å². The van der Waals surface area contributed by atoms with Crippen LogP contribution in [-0.4, -0.2) is 28.1 Å². The number of aromatic carboxylic acids is 1. The third-order valence-electron chi connectivity index (χ3n) is 2.04. The maximum absolute atomic E-state index is 12.5. The average Bonchev–Trinajstić information content (AvgIpc) is 2.24. The van der Waals surface area contributed by atoms with Crippen molar-refractivity contribution in [2.45, 2.75) is 12.6 Å². The number of thioether (sulfide) groups is 1. The first-order valence-electron chi connectivity index (χ1n) is 4.64. The molecule has 7 heteroatoms. The highest BCUT2D eigenvalue weighted by Crippen LogP contribution is 2.30. The molecule has 0 saturated carbocycles. The van der Waals surface area contributed by atoms with Crippen LogP contribution in [0.4, 0.5) is 13.2 Å². The van der Waals surface area contributed by atoms with Crippen molar-refractivity contribution in [1.82, 2.24) is 4.98 Å². The molecule has 3 nitrogen and oxygen atoms in total. The van der Waals surface area contributed by atoms with Gasteiger partial charge in [-0.15, -0.1) is 0 Å². The largest absolute Gasteiger partial charge is 0.478 e. The Balaban J connectivity index is 3.13. The summed E-state index contributed by atoms with van der Waals surface area (Å²) < 4.78 is 37.4. The van der Waals surface area contributed by atoms with Crippen LogP contribution in [0.1, 0.15) is 21.6 Å². The van der Waals surface area contributed by atoms with Gasteiger partial charge in [0.25, 0.3) is 0 Å². The quantitative estimate of drug-likeness (QED) is 0.909. The highest BCUT2D eigenvalue weighted by Gasteiger charge is 2.37. The second-order valence-electron chi connectivity index (χ2n) is 3.29. The number of aromatic nitrogens is 1. The van der Waals surface area contributed by atoms with Crippen molar-refractivity contribution in [3.8, 4) is 0 Å². The Morgan fingerprint density at radius 1 is 1.53 bits per heavy atom. The molecule has 0 unspecified atom stereocenters. The molecule has 0 spiro atoms. The first-order chi connectivity index (χ1) is 7.86. The van der Waals surface area contributed by atoms with E-state index in [1.807, 2.05) is 6.26 Å². The molecule has 94 valence electrons. The minimum atomic E-state index is -4.74. The van der Waals surface area contributed by atoms with Gasteiger partial charge in [0.2, 0.25) is 0 Å². The lowest BCUT2D eigenvalue weighted by molar-refractivity contribution is -0.141. The lowest BCUT2D eigenvalue weighted by Gasteiger charge is -2.10. The Bertz CT molecular complexity index is 421. The molecule has 1 aromatic rings.